The minimum absolute atomic E-state index is 0.178. The van der Waals surface area contributed by atoms with Crippen molar-refractivity contribution in [2.75, 3.05) is 25.6 Å². The minimum Gasteiger partial charge on any atom is -0.744 e. The summed E-state index contributed by atoms with van der Waals surface area (Å²) in [7, 11) is -4.27. The number of unbranched alkanes of at least 4 members (excludes halogenated alkanes) is 8. The second-order valence-corrected chi connectivity index (χ2v) is 10.3. The van der Waals surface area contributed by atoms with Crippen molar-refractivity contribution in [2.45, 2.75) is 103 Å². The number of aryl methyl sites for hydroxylation is 1. The Labute approximate surface area is 197 Å². The summed E-state index contributed by atoms with van der Waals surface area (Å²) in [6, 6.07) is 6.60. The maximum Gasteiger partial charge on any atom is 0.154 e. The van der Waals surface area contributed by atoms with Gasteiger partial charge in [-0.05, 0) is 57.6 Å². The van der Waals surface area contributed by atoms with Gasteiger partial charge in [0.15, 0.2) is 6.00 Å². The molecule has 0 N–H and O–H groups in total. The zero-order chi connectivity index (χ0) is 23.6. The van der Waals surface area contributed by atoms with Gasteiger partial charge in [0.2, 0.25) is 0 Å². The molecule has 0 aliphatic carbocycles. The van der Waals surface area contributed by atoms with Crippen LogP contribution < -0.4 is 0 Å². The Hall–Kier alpha value is -0.620. The fraction of sp³-hybridized carbons (Fsp3) is 0.760. The van der Waals surface area contributed by atoms with E-state index in [1.165, 1.54) is 107 Å². The third-order valence-corrected chi connectivity index (χ3v) is 7.13. The maximum atomic E-state index is 10.4. The highest BCUT2D eigenvalue weighted by molar-refractivity contribution is 7.85. The third kappa shape index (κ3) is 15.0. The molecule has 4 nitrogen and oxygen atoms in total. The molecule has 0 spiro atoms. The average Bonchev–Trinajstić information content (AvgIpc) is 2.74. The maximum absolute atomic E-state index is 10.4. The molecule has 0 saturated heterocycles. The summed E-state index contributed by atoms with van der Waals surface area (Å²) in [5.74, 6) is 0. The summed E-state index contributed by atoms with van der Waals surface area (Å²) >= 11 is 6.40. The number of rotatable bonds is 16. The number of halogens is 1. The van der Waals surface area contributed by atoms with Gasteiger partial charge in [-0.2, -0.15) is 0 Å². The van der Waals surface area contributed by atoms with Crippen molar-refractivity contribution in [3.05, 3.63) is 29.8 Å². The molecule has 0 unspecified atom stereocenters. The smallest absolute Gasteiger partial charge is 0.154 e. The first-order valence-corrected chi connectivity index (χ1v) is 14.1. The van der Waals surface area contributed by atoms with Gasteiger partial charge < -0.3 is 9.04 Å². The minimum atomic E-state index is -4.27. The van der Waals surface area contributed by atoms with Crippen molar-refractivity contribution in [3.8, 4) is 0 Å². The topological polar surface area (TPSA) is 57.2 Å². The zero-order valence-electron chi connectivity index (χ0n) is 20.4. The number of quaternary nitrogens is 1. The van der Waals surface area contributed by atoms with Gasteiger partial charge in [0, 0.05) is 0 Å². The fourth-order valence-electron chi connectivity index (χ4n) is 3.66. The normalized spacial score (nSPS) is 11.8. The highest BCUT2D eigenvalue weighted by Gasteiger charge is 2.24. The van der Waals surface area contributed by atoms with Crippen LogP contribution in [0.2, 0.25) is 0 Å². The first kappa shape index (κ1) is 30.4. The molecule has 182 valence electrons. The second-order valence-electron chi connectivity index (χ2n) is 8.73. The number of alkyl halides is 1. The molecule has 6 heteroatoms. The molecule has 0 aromatic heterocycles. The van der Waals surface area contributed by atoms with E-state index in [2.05, 4.69) is 20.8 Å². The Morgan fingerprint density at radius 1 is 0.742 bits per heavy atom. The van der Waals surface area contributed by atoms with Gasteiger partial charge in [-0.1, -0.05) is 82.2 Å². The van der Waals surface area contributed by atoms with Crippen LogP contribution in [0.4, 0.5) is 0 Å². The highest BCUT2D eigenvalue weighted by Crippen LogP contribution is 2.18. The molecule has 0 saturated carbocycles. The molecule has 0 aliphatic rings. The van der Waals surface area contributed by atoms with E-state index in [1.807, 2.05) is 6.92 Å². The summed E-state index contributed by atoms with van der Waals surface area (Å²) in [5.41, 5.74) is 0.928. The van der Waals surface area contributed by atoms with Crippen molar-refractivity contribution >= 4 is 21.7 Å². The van der Waals surface area contributed by atoms with E-state index in [9.17, 15) is 13.0 Å². The summed E-state index contributed by atoms with van der Waals surface area (Å²) in [5, 5.41) is 0. The second kappa shape index (κ2) is 17.9. The molecule has 0 fully saturated rings. The van der Waals surface area contributed by atoms with Gasteiger partial charge in [0.1, 0.15) is 10.1 Å². The lowest BCUT2D eigenvalue weighted by Gasteiger charge is -2.37. The van der Waals surface area contributed by atoms with Crippen LogP contribution in [0, 0.1) is 6.92 Å². The predicted octanol–water partition coefficient (Wildman–Crippen LogP) is 7.25. The Morgan fingerprint density at radius 3 is 1.48 bits per heavy atom. The van der Waals surface area contributed by atoms with E-state index in [1.54, 1.807) is 12.1 Å². The largest absolute Gasteiger partial charge is 0.744 e. The SMILES string of the molecule is CCCCCC[N+](CCl)(CCCCC)CCCCCC.Cc1ccc(S(=O)(=O)[O-])cc1. The van der Waals surface area contributed by atoms with Gasteiger partial charge in [-0.3, -0.25) is 0 Å². The molecule has 0 amide bonds. The van der Waals surface area contributed by atoms with Crippen LogP contribution in [-0.4, -0.2) is 43.1 Å². The van der Waals surface area contributed by atoms with Crippen LogP contribution in [0.1, 0.15) is 97.0 Å². The van der Waals surface area contributed by atoms with Crippen molar-refractivity contribution in [1.29, 1.82) is 0 Å². The van der Waals surface area contributed by atoms with Crippen LogP contribution in [0.25, 0.3) is 0 Å². The summed E-state index contributed by atoms with van der Waals surface area (Å²) in [6.45, 7) is 12.6. The lowest BCUT2D eigenvalue weighted by atomic mass is 10.1. The zero-order valence-corrected chi connectivity index (χ0v) is 21.9. The standard InChI is InChI=1S/C18H39ClN.C7H8O3S/c1-4-7-10-13-16-20(18-19,15-12-9-6-3)17-14-11-8-5-2;1-6-2-4-7(5-3-6)11(8,9)10/h4-18H2,1-3H3;2-5H,1H3,(H,8,9,10)/q+1;/p-1. The van der Waals surface area contributed by atoms with Crippen LogP contribution in [0.3, 0.4) is 0 Å². The molecule has 1 aromatic rings. The molecule has 1 aromatic carbocycles. The first-order valence-electron chi connectivity index (χ1n) is 12.2. The fourth-order valence-corrected chi connectivity index (χ4v) is 4.49. The summed E-state index contributed by atoms with van der Waals surface area (Å²) in [6.07, 6.45) is 14.9. The summed E-state index contributed by atoms with van der Waals surface area (Å²) < 4.78 is 32.3. The molecule has 31 heavy (non-hydrogen) atoms. The Morgan fingerprint density at radius 2 is 1.13 bits per heavy atom. The molecular weight excluding hydrogens is 430 g/mol. The molecular formula is C25H46ClNO3S. The Balaban J connectivity index is 0.000000683. The van der Waals surface area contributed by atoms with Crippen molar-refractivity contribution in [3.63, 3.8) is 0 Å². The van der Waals surface area contributed by atoms with E-state index in [0.29, 0.717) is 0 Å². The Bertz CT molecular complexity index is 635. The van der Waals surface area contributed by atoms with Crippen molar-refractivity contribution < 1.29 is 17.5 Å². The van der Waals surface area contributed by atoms with Crippen molar-refractivity contribution in [2.24, 2.45) is 0 Å². The van der Waals surface area contributed by atoms with Gasteiger partial charge in [0.05, 0.1) is 24.5 Å². The number of nitrogens with zero attached hydrogens (tertiary/aromatic N) is 1. The van der Waals surface area contributed by atoms with Crippen LogP contribution in [-0.2, 0) is 10.1 Å². The predicted molar refractivity (Wildman–Crippen MR) is 133 cm³/mol. The van der Waals surface area contributed by atoms with E-state index in [-0.39, 0.29) is 4.90 Å². The van der Waals surface area contributed by atoms with Gasteiger partial charge in [-0.15, -0.1) is 0 Å². The lowest BCUT2D eigenvalue weighted by Crippen LogP contribution is -2.49. The first-order chi connectivity index (χ1) is 14.7. The Kier molecular flexibility index (Phi) is 17.5. The summed E-state index contributed by atoms with van der Waals surface area (Å²) in [4.78, 5) is -0.178. The quantitative estimate of drug-likeness (QED) is 0.0831. The lowest BCUT2D eigenvalue weighted by molar-refractivity contribution is -0.918. The number of hydrogen-bond donors (Lipinski definition) is 0. The molecule has 0 bridgehead atoms. The van der Waals surface area contributed by atoms with E-state index in [4.69, 9.17) is 11.6 Å². The van der Waals surface area contributed by atoms with Crippen molar-refractivity contribution in [1.82, 2.24) is 0 Å². The third-order valence-electron chi connectivity index (χ3n) is 5.77. The van der Waals surface area contributed by atoms with Gasteiger partial charge >= 0.3 is 0 Å². The van der Waals surface area contributed by atoms with Crippen LogP contribution in [0.15, 0.2) is 29.2 Å². The van der Waals surface area contributed by atoms with Gasteiger partial charge in [0.25, 0.3) is 0 Å². The van der Waals surface area contributed by atoms with E-state index >= 15 is 0 Å². The molecule has 0 heterocycles. The van der Waals surface area contributed by atoms with Gasteiger partial charge in [-0.25, -0.2) is 8.42 Å². The number of hydrogen-bond acceptors (Lipinski definition) is 3. The molecule has 1 rings (SSSR count). The molecule has 0 aliphatic heterocycles. The van der Waals surface area contributed by atoms with Crippen LogP contribution >= 0.6 is 11.6 Å². The number of benzene rings is 1. The van der Waals surface area contributed by atoms with E-state index < -0.39 is 10.1 Å². The highest BCUT2D eigenvalue weighted by atomic mass is 35.5. The molecule has 0 atom stereocenters. The van der Waals surface area contributed by atoms with E-state index in [0.717, 1.165) is 11.6 Å². The average molecular weight is 476 g/mol. The monoisotopic (exact) mass is 475 g/mol. The van der Waals surface area contributed by atoms with Crippen LogP contribution in [0.5, 0.6) is 0 Å². The molecule has 0 radical (unpaired) electrons.